The first-order valence-corrected chi connectivity index (χ1v) is 23.6. The molecule has 0 radical (unpaired) electrons. The van der Waals surface area contributed by atoms with Crippen molar-refractivity contribution in [1.82, 2.24) is 0 Å². The minimum atomic E-state index is -5.13. The number of esters is 2. The number of unbranched alkanes of at least 4 members (excludes halogenated alkanes) is 16. The first-order chi connectivity index (χ1) is 28.4. The second kappa shape index (κ2) is 35.2. The number of aliphatic hydroxyl groups is 5. The first kappa shape index (κ1) is 54.6. The van der Waals surface area contributed by atoms with Crippen LogP contribution in [-0.2, 0) is 32.7 Å². The summed E-state index contributed by atoms with van der Waals surface area (Å²) in [4.78, 5) is 35.6. The van der Waals surface area contributed by atoms with E-state index in [0.29, 0.717) is 12.8 Å². The first-order valence-electron chi connectivity index (χ1n) is 22.1. The summed E-state index contributed by atoms with van der Waals surface area (Å²) in [5.74, 6) is -1.14. The quantitative estimate of drug-likeness (QED) is 0.0117. The highest BCUT2D eigenvalue weighted by Crippen LogP contribution is 2.47. The predicted octanol–water partition coefficient (Wildman–Crippen LogP) is 8.16. The van der Waals surface area contributed by atoms with Crippen molar-refractivity contribution < 1.29 is 63.1 Å². The van der Waals surface area contributed by atoms with E-state index in [1.165, 1.54) is 44.9 Å². The molecule has 0 aromatic carbocycles. The lowest BCUT2D eigenvalue weighted by molar-refractivity contribution is -0.220. The molecular weight excluding hydrogens is 779 g/mol. The second-order valence-corrected chi connectivity index (χ2v) is 16.7. The monoisotopic (exact) mass is 857 g/mol. The Bertz CT molecular complexity index is 1270. The van der Waals surface area contributed by atoms with Crippen LogP contribution < -0.4 is 0 Å². The number of carbonyl (C=O) groups is 2. The fourth-order valence-electron chi connectivity index (χ4n) is 6.35. The third-order valence-electron chi connectivity index (χ3n) is 9.94. The molecule has 1 aliphatic carbocycles. The van der Waals surface area contributed by atoms with Gasteiger partial charge in [-0.3, -0.25) is 18.6 Å². The van der Waals surface area contributed by atoms with Gasteiger partial charge in [0.1, 0.15) is 43.2 Å². The van der Waals surface area contributed by atoms with E-state index in [1.807, 2.05) is 36.5 Å². The molecule has 1 saturated carbocycles. The molecule has 1 aliphatic rings. The Balaban J connectivity index is 2.50. The van der Waals surface area contributed by atoms with E-state index < -0.39 is 75.7 Å². The molecule has 6 N–H and O–H groups in total. The molecule has 0 bridgehead atoms. The maximum absolute atomic E-state index is 12.8. The van der Waals surface area contributed by atoms with Gasteiger partial charge in [-0.2, -0.15) is 0 Å². The van der Waals surface area contributed by atoms with Gasteiger partial charge >= 0.3 is 19.8 Å². The molecule has 0 aromatic rings. The summed E-state index contributed by atoms with van der Waals surface area (Å²) in [6.45, 7) is 3.11. The fourth-order valence-corrected chi connectivity index (χ4v) is 7.32. The van der Waals surface area contributed by atoms with Crippen LogP contribution in [0.1, 0.15) is 155 Å². The van der Waals surface area contributed by atoms with Crippen molar-refractivity contribution in [2.75, 3.05) is 13.2 Å². The van der Waals surface area contributed by atoms with Crippen LogP contribution in [0.25, 0.3) is 0 Å². The lowest BCUT2D eigenvalue weighted by Gasteiger charge is -2.41. The lowest BCUT2D eigenvalue weighted by atomic mass is 9.85. The van der Waals surface area contributed by atoms with Gasteiger partial charge in [0.2, 0.25) is 0 Å². The summed E-state index contributed by atoms with van der Waals surface area (Å²) in [6, 6.07) is 0. The Morgan fingerprint density at radius 1 is 0.542 bits per heavy atom. The van der Waals surface area contributed by atoms with Crippen molar-refractivity contribution in [3.05, 3.63) is 60.8 Å². The van der Waals surface area contributed by atoms with Gasteiger partial charge in [-0.1, -0.05) is 145 Å². The van der Waals surface area contributed by atoms with Gasteiger partial charge in [0.25, 0.3) is 0 Å². The summed E-state index contributed by atoms with van der Waals surface area (Å²) in [5.41, 5.74) is 0. The van der Waals surface area contributed by atoms with Gasteiger partial charge in [-0.05, 0) is 57.8 Å². The summed E-state index contributed by atoms with van der Waals surface area (Å²) in [7, 11) is -5.13. The summed E-state index contributed by atoms with van der Waals surface area (Å²) < 4.78 is 33.5. The minimum absolute atomic E-state index is 0.0672. The summed E-state index contributed by atoms with van der Waals surface area (Å²) in [6.07, 6.45) is 28.4. The Morgan fingerprint density at radius 2 is 0.983 bits per heavy atom. The molecule has 8 atom stereocenters. The van der Waals surface area contributed by atoms with Crippen LogP contribution in [0, 0.1) is 0 Å². The standard InChI is InChI=1S/C45H77O13P/c1-3-5-7-9-11-13-15-17-19-21-23-25-27-29-31-33-38(46)55-35-37(36-56-59(53,54)58-45-43(51)41(49)40(48)42(50)44(45)52)57-39(47)34-32-30-28-26-24-22-20-18-16-14-12-10-8-6-4-2/h6,8,10,12-16,18,20,37,40-45,48-52H,3-5,7,9,11,17,19,21-36H2,1-2H3,(H,53,54)/b8-6+,12-10+,15-13+,16-14+,20-18+/t37-,40?,41-,42?,43?,44?,45?/m1/s1. The average Bonchev–Trinajstić information content (AvgIpc) is 3.21. The van der Waals surface area contributed by atoms with Crippen molar-refractivity contribution in [2.24, 2.45) is 0 Å². The molecule has 13 nitrogen and oxygen atoms in total. The highest BCUT2D eigenvalue weighted by Gasteiger charge is 2.51. The molecule has 14 heteroatoms. The van der Waals surface area contributed by atoms with Crippen molar-refractivity contribution in [2.45, 2.75) is 198 Å². The zero-order valence-electron chi connectivity index (χ0n) is 35.8. The molecule has 59 heavy (non-hydrogen) atoms. The molecule has 1 rings (SSSR count). The minimum Gasteiger partial charge on any atom is -0.462 e. The van der Waals surface area contributed by atoms with E-state index in [2.05, 4.69) is 38.2 Å². The number of hydrogen-bond donors (Lipinski definition) is 6. The molecule has 0 heterocycles. The van der Waals surface area contributed by atoms with Crippen LogP contribution in [0.4, 0.5) is 0 Å². The number of ether oxygens (including phenoxy) is 2. The topological polar surface area (TPSA) is 210 Å². The number of carbonyl (C=O) groups excluding carboxylic acids is 2. The van der Waals surface area contributed by atoms with Gasteiger partial charge in [0.15, 0.2) is 6.10 Å². The van der Waals surface area contributed by atoms with Crippen LogP contribution in [0.5, 0.6) is 0 Å². The van der Waals surface area contributed by atoms with Gasteiger partial charge in [-0.15, -0.1) is 0 Å². The molecule has 0 amide bonds. The van der Waals surface area contributed by atoms with E-state index in [0.717, 1.165) is 70.6 Å². The van der Waals surface area contributed by atoms with Crippen molar-refractivity contribution in [3.8, 4) is 0 Å². The summed E-state index contributed by atoms with van der Waals surface area (Å²) >= 11 is 0. The molecule has 0 spiro atoms. The van der Waals surface area contributed by atoms with E-state index in [1.54, 1.807) is 0 Å². The van der Waals surface area contributed by atoms with Gasteiger partial charge in [-0.25, -0.2) is 4.57 Å². The Labute approximate surface area is 353 Å². The predicted molar refractivity (Wildman–Crippen MR) is 230 cm³/mol. The van der Waals surface area contributed by atoms with Crippen molar-refractivity contribution in [3.63, 3.8) is 0 Å². The van der Waals surface area contributed by atoms with Gasteiger partial charge in [0.05, 0.1) is 6.61 Å². The third-order valence-corrected chi connectivity index (χ3v) is 10.9. The van der Waals surface area contributed by atoms with Crippen LogP contribution in [0.15, 0.2) is 60.8 Å². The Hall–Kier alpha value is -2.45. The zero-order chi connectivity index (χ0) is 43.6. The number of phosphoric acid groups is 1. The molecule has 1 fully saturated rings. The number of phosphoric ester groups is 1. The number of hydrogen-bond acceptors (Lipinski definition) is 12. The van der Waals surface area contributed by atoms with Gasteiger partial charge in [0, 0.05) is 12.8 Å². The van der Waals surface area contributed by atoms with Crippen LogP contribution >= 0.6 is 7.82 Å². The molecule has 0 aliphatic heterocycles. The van der Waals surface area contributed by atoms with E-state index in [9.17, 15) is 44.6 Å². The molecule has 6 unspecified atom stereocenters. The fraction of sp³-hybridized carbons (Fsp3) is 0.733. The summed E-state index contributed by atoms with van der Waals surface area (Å²) in [5, 5.41) is 50.1. The Morgan fingerprint density at radius 3 is 1.53 bits per heavy atom. The maximum Gasteiger partial charge on any atom is 0.472 e. The highest BCUT2D eigenvalue weighted by molar-refractivity contribution is 7.47. The van der Waals surface area contributed by atoms with E-state index in [-0.39, 0.29) is 12.8 Å². The Kier molecular flexibility index (Phi) is 32.5. The smallest absolute Gasteiger partial charge is 0.462 e. The van der Waals surface area contributed by atoms with E-state index in [4.69, 9.17) is 18.5 Å². The maximum atomic E-state index is 12.8. The van der Waals surface area contributed by atoms with Crippen LogP contribution in [0.2, 0.25) is 0 Å². The zero-order valence-corrected chi connectivity index (χ0v) is 36.7. The highest BCUT2D eigenvalue weighted by atomic mass is 31.2. The number of aliphatic hydroxyl groups excluding tert-OH is 5. The molecule has 0 saturated heterocycles. The second-order valence-electron chi connectivity index (χ2n) is 15.3. The number of rotatable bonds is 35. The largest absolute Gasteiger partial charge is 0.472 e. The molecule has 0 aromatic heterocycles. The SMILES string of the molecule is CC/C=C/C=C/C=C/C=C/CCCCCCCC(=O)O[C@H](COC(=O)CCCCCCCCC/C=C/CCCCCC)COP(=O)(O)OC1C(O)C(O)C(O)[C@@H](O)C1O. The van der Waals surface area contributed by atoms with Crippen molar-refractivity contribution in [1.29, 1.82) is 0 Å². The van der Waals surface area contributed by atoms with Gasteiger partial charge < -0.3 is 39.9 Å². The number of allylic oxidation sites excluding steroid dienone is 10. The van der Waals surface area contributed by atoms with E-state index >= 15 is 0 Å². The lowest BCUT2D eigenvalue weighted by Crippen LogP contribution is -2.64. The van der Waals surface area contributed by atoms with Crippen LogP contribution in [0.3, 0.4) is 0 Å². The molecular formula is C45H77O13P. The average molecular weight is 857 g/mol. The van der Waals surface area contributed by atoms with Crippen LogP contribution in [-0.4, -0.2) is 98.3 Å². The molecule has 340 valence electrons. The van der Waals surface area contributed by atoms with Crippen molar-refractivity contribution >= 4 is 19.8 Å². The normalized spacial score (nSPS) is 22.9. The third kappa shape index (κ3) is 27.9.